The summed E-state index contributed by atoms with van der Waals surface area (Å²) in [6.45, 7) is 8.65. The van der Waals surface area contributed by atoms with Crippen molar-refractivity contribution in [1.82, 2.24) is 20.3 Å². The number of amides is 1. The number of aryl methyl sites for hydroxylation is 1. The lowest BCUT2D eigenvalue weighted by atomic mass is 10.2. The Bertz CT molecular complexity index is 812. The number of hydrogen-bond acceptors (Lipinski definition) is 7. The maximum absolute atomic E-state index is 10.3. The first-order valence-corrected chi connectivity index (χ1v) is 8.93. The third-order valence-electron chi connectivity index (χ3n) is 3.17. The van der Waals surface area contributed by atoms with Crippen LogP contribution in [0.15, 0.2) is 43.1 Å². The van der Waals surface area contributed by atoms with Gasteiger partial charge in [-0.3, -0.25) is 4.79 Å². The number of carbonyl (C=O) groups is 1. The summed E-state index contributed by atoms with van der Waals surface area (Å²) in [5.41, 5.74) is 1.05. The van der Waals surface area contributed by atoms with Crippen LogP contribution in [0.25, 0.3) is 5.57 Å². The van der Waals surface area contributed by atoms with Gasteiger partial charge in [0.15, 0.2) is 5.13 Å². The molecule has 0 aliphatic heterocycles. The maximum Gasteiger partial charge on any atom is 0.207 e. The number of anilines is 3. The summed E-state index contributed by atoms with van der Waals surface area (Å²) in [5, 5.41) is 9.69. The van der Waals surface area contributed by atoms with E-state index in [9.17, 15) is 4.79 Å². The van der Waals surface area contributed by atoms with E-state index in [0.717, 1.165) is 15.6 Å². The van der Waals surface area contributed by atoms with Crippen LogP contribution in [0, 0.1) is 6.92 Å². The molecule has 0 aliphatic rings. The van der Waals surface area contributed by atoms with Crippen molar-refractivity contribution in [3.8, 4) is 0 Å². The summed E-state index contributed by atoms with van der Waals surface area (Å²) >= 11 is 1.53. The van der Waals surface area contributed by atoms with Gasteiger partial charge in [-0.15, -0.1) is 0 Å². The second-order valence-electron chi connectivity index (χ2n) is 5.20. The van der Waals surface area contributed by atoms with Crippen molar-refractivity contribution in [2.45, 2.75) is 13.8 Å². The van der Waals surface area contributed by atoms with Gasteiger partial charge in [-0.1, -0.05) is 42.2 Å². The summed E-state index contributed by atoms with van der Waals surface area (Å²) in [6.07, 6.45) is 10.2. The Kier molecular flexibility index (Phi) is 7.50. The minimum atomic E-state index is 0.522. The molecule has 0 bridgehead atoms. The standard InChI is InChI=1S/C18H22N6OS/c1-4-6-14(7-5-2)15-11-21-18(26-15)24-17-10-16(22-13(3)23-17)20-9-8-19-12-25/h4-7,10-12H,1,8-9H2,2-3H3,(H,19,25)(H2,20,21,22,23,24)/b7-5-,14-6+. The Morgan fingerprint density at radius 2 is 2.12 bits per heavy atom. The Labute approximate surface area is 157 Å². The molecule has 1 amide bonds. The van der Waals surface area contributed by atoms with E-state index in [1.54, 1.807) is 12.1 Å². The molecule has 2 aromatic heterocycles. The fourth-order valence-electron chi connectivity index (χ4n) is 2.15. The molecule has 0 fully saturated rings. The highest BCUT2D eigenvalue weighted by atomic mass is 32.1. The van der Waals surface area contributed by atoms with E-state index in [4.69, 9.17) is 0 Å². The van der Waals surface area contributed by atoms with Crippen molar-refractivity contribution in [1.29, 1.82) is 0 Å². The van der Waals surface area contributed by atoms with Gasteiger partial charge in [0.1, 0.15) is 17.5 Å². The number of allylic oxidation sites excluding steroid dienone is 5. The maximum atomic E-state index is 10.3. The number of hydrogen-bond donors (Lipinski definition) is 3. The summed E-state index contributed by atoms with van der Waals surface area (Å²) in [4.78, 5) is 24.4. The molecule has 3 N–H and O–H groups in total. The van der Waals surface area contributed by atoms with Crippen molar-refractivity contribution in [3.63, 3.8) is 0 Å². The molecule has 2 rings (SSSR count). The largest absolute Gasteiger partial charge is 0.368 e. The van der Waals surface area contributed by atoms with E-state index in [1.807, 2.05) is 38.3 Å². The third kappa shape index (κ3) is 5.82. The third-order valence-corrected chi connectivity index (χ3v) is 4.13. The summed E-state index contributed by atoms with van der Waals surface area (Å²) < 4.78 is 0. The van der Waals surface area contributed by atoms with Crippen LogP contribution in [-0.2, 0) is 4.79 Å². The smallest absolute Gasteiger partial charge is 0.207 e. The molecule has 136 valence electrons. The molecule has 2 aromatic rings. The first-order valence-electron chi connectivity index (χ1n) is 8.11. The predicted octanol–water partition coefficient (Wildman–Crippen LogP) is 3.29. The van der Waals surface area contributed by atoms with Gasteiger partial charge in [0.2, 0.25) is 6.41 Å². The number of aromatic nitrogens is 3. The van der Waals surface area contributed by atoms with Gasteiger partial charge >= 0.3 is 0 Å². The van der Waals surface area contributed by atoms with E-state index in [1.165, 1.54) is 11.3 Å². The SMILES string of the molecule is C=C/C=C(\C=C/C)c1cnc(Nc2cc(NCCNC=O)nc(C)n2)s1. The number of thiazole rings is 1. The number of nitrogens with one attached hydrogen (secondary N) is 3. The molecule has 26 heavy (non-hydrogen) atoms. The Balaban J connectivity index is 2.11. The van der Waals surface area contributed by atoms with Crippen LogP contribution in [0.3, 0.4) is 0 Å². The molecule has 0 saturated heterocycles. The van der Waals surface area contributed by atoms with Crippen LogP contribution < -0.4 is 16.0 Å². The highest BCUT2D eigenvalue weighted by molar-refractivity contribution is 7.16. The van der Waals surface area contributed by atoms with Crippen LogP contribution in [0.2, 0.25) is 0 Å². The van der Waals surface area contributed by atoms with Crippen molar-refractivity contribution in [2.24, 2.45) is 0 Å². The topological polar surface area (TPSA) is 91.8 Å². The first kappa shape index (κ1) is 19.3. The van der Waals surface area contributed by atoms with Crippen LogP contribution >= 0.6 is 11.3 Å². The lowest BCUT2D eigenvalue weighted by Crippen LogP contribution is -2.21. The highest BCUT2D eigenvalue weighted by Gasteiger charge is 2.07. The minimum Gasteiger partial charge on any atom is -0.368 e. The zero-order valence-electron chi connectivity index (χ0n) is 14.8. The second-order valence-corrected chi connectivity index (χ2v) is 6.23. The van der Waals surface area contributed by atoms with Crippen molar-refractivity contribution < 1.29 is 4.79 Å². The summed E-state index contributed by atoms with van der Waals surface area (Å²) in [6, 6.07) is 1.81. The van der Waals surface area contributed by atoms with E-state index in [-0.39, 0.29) is 0 Å². The normalized spacial score (nSPS) is 11.4. The van der Waals surface area contributed by atoms with E-state index in [0.29, 0.717) is 37.0 Å². The van der Waals surface area contributed by atoms with E-state index in [2.05, 4.69) is 37.5 Å². The van der Waals surface area contributed by atoms with Crippen LogP contribution in [0.4, 0.5) is 16.8 Å². The molecule has 0 unspecified atom stereocenters. The Morgan fingerprint density at radius 1 is 1.31 bits per heavy atom. The molecular formula is C18H22N6OS. The van der Waals surface area contributed by atoms with Crippen molar-refractivity contribution in [3.05, 3.63) is 53.8 Å². The second kappa shape index (κ2) is 10.1. The Morgan fingerprint density at radius 3 is 2.85 bits per heavy atom. The fraction of sp³-hybridized carbons (Fsp3) is 0.222. The summed E-state index contributed by atoms with van der Waals surface area (Å²) in [7, 11) is 0. The molecule has 0 spiro atoms. The zero-order valence-corrected chi connectivity index (χ0v) is 15.6. The van der Waals surface area contributed by atoms with Gasteiger partial charge in [0.25, 0.3) is 0 Å². The molecule has 8 heteroatoms. The van der Waals surface area contributed by atoms with Crippen LogP contribution in [-0.4, -0.2) is 34.5 Å². The lowest BCUT2D eigenvalue weighted by molar-refractivity contribution is -0.109. The average molecular weight is 370 g/mol. The highest BCUT2D eigenvalue weighted by Crippen LogP contribution is 2.28. The average Bonchev–Trinajstić information content (AvgIpc) is 3.06. The molecule has 0 radical (unpaired) electrons. The van der Waals surface area contributed by atoms with Crippen molar-refractivity contribution >= 4 is 40.1 Å². The van der Waals surface area contributed by atoms with Gasteiger partial charge in [-0.05, 0) is 19.4 Å². The number of nitrogens with zero attached hydrogens (tertiary/aromatic N) is 3. The molecule has 0 aromatic carbocycles. The molecule has 0 saturated carbocycles. The zero-order chi connectivity index (χ0) is 18.8. The lowest BCUT2D eigenvalue weighted by Gasteiger charge is -2.08. The molecule has 0 aliphatic carbocycles. The first-order chi connectivity index (χ1) is 12.7. The van der Waals surface area contributed by atoms with Crippen molar-refractivity contribution in [2.75, 3.05) is 23.7 Å². The van der Waals surface area contributed by atoms with Gasteiger partial charge in [-0.25, -0.2) is 15.0 Å². The van der Waals surface area contributed by atoms with Crippen LogP contribution in [0.5, 0.6) is 0 Å². The van der Waals surface area contributed by atoms with Gasteiger partial charge in [0.05, 0.1) is 4.88 Å². The van der Waals surface area contributed by atoms with Gasteiger partial charge in [-0.2, -0.15) is 0 Å². The molecule has 0 atom stereocenters. The quantitative estimate of drug-likeness (QED) is 0.338. The van der Waals surface area contributed by atoms with E-state index < -0.39 is 0 Å². The van der Waals surface area contributed by atoms with E-state index >= 15 is 0 Å². The Hall–Kier alpha value is -3.00. The number of rotatable bonds is 10. The van der Waals surface area contributed by atoms with Gasteiger partial charge in [0, 0.05) is 25.4 Å². The van der Waals surface area contributed by atoms with Crippen LogP contribution in [0.1, 0.15) is 17.6 Å². The predicted molar refractivity (Wildman–Crippen MR) is 108 cm³/mol. The minimum absolute atomic E-state index is 0.522. The van der Waals surface area contributed by atoms with Gasteiger partial charge < -0.3 is 16.0 Å². The monoisotopic (exact) mass is 370 g/mol. The molecular weight excluding hydrogens is 348 g/mol. The molecule has 2 heterocycles. The number of carbonyl (C=O) groups excluding carboxylic acids is 1. The fourth-order valence-corrected chi connectivity index (χ4v) is 2.97. The molecule has 7 nitrogen and oxygen atoms in total. The summed E-state index contributed by atoms with van der Waals surface area (Å²) in [5.74, 6) is 1.98.